The first-order chi connectivity index (χ1) is 20.6. The number of aliphatic hydroxyl groups excluding tert-OH is 2. The van der Waals surface area contributed by atoms with Crippen molar-refractivity contribution >= 4 is 23.2 Å². The highest BCUT2D eigenvalue weighted by molar-refractivity contribution is 6.24. The summed E-state index contributed by atoms with van der Waals surface area (Å²) in [5.41, 5.74) is 5.24. The van der Waals surface area contributed by atoms with E-state index >= 15 is 0 Å². The van der Waals surface area contributed by atoms with E-state index in [9.17, 15) is 34.8 Å². The first-order valence-electron chi connectivity index (χ1n) is 15.0. The monoisotopic (exact) mass is 603 g/mol. The average molecular weight is 604 g/mol. The zero-order valence-corrected chi connectivity index (χ0v) is 26.0. The van der Waals surface area contributed by atoms with Gasteiger partial charge in [-0.15, -0.1) is 0 Å². The van der Waals surface area contributed by atoms with Gasteiger partial charge in [-0.1, -0.05) is 30.3 Å². The second-order valence-corrected chi connectivity index (χ2v) is 13.0. The van der Waals surface area contributed by atoms with Crippen LogP contribution in [0.15, 0.2) is 53.3 Å². The van der Waals surface area contributed by atoms with E-state index in [1.54, 1.807) is 20.2 Å². The van der Waals surface area contributed by atoms with E-state index in [0.29, 0.717) is 17.6 Å². The van der Waals surface area contributed by atoms with Crippen LogP contribution >= 0.6 is 0 Å². The fourth-order valence-corrected chi connectivity index (χ4v) is 7.48. The molecule has 0 unspecified atom stereocenters. The molecule has 1 amide bonds. The molecule has 6 N–H and O–H groups in total. The number of phenolic OH excluding ortho intramolecular Hbond substituents is 1. The van der Waals surface area contributed by atoms with Gasteiger partial charge >= 0.3 is 0 Å². The summed E-state index contributed by atoms with van der Waals surface area (Å²) >= 11 is 0. The molecule has 2 aromatic rings. The minimum Gasteiger partial charge on any atom is -0.508 e. The number of benzene rings is 2. The Morgan fingerprint density at radius 3 is 2.16 bits per heavy atom. The maximum Gasteiger partial charge on any atom is 0.255 e. The average Bonchev–Trinajstić information content (AvgIpc) is 2.93. The Kier molecular flexibility index (Phi) is 7.99. The molecule has 0 bridgehead atoms. The normalized spacial score (nSPS) is 25.2. The zero-order chi connectivity index (χ0) is 32.4. The molecule has 10 nitrogen and oxygen atoms in total. The molecule has 10 heteroatoms. The lowest BCUT2D eigenvalue weighted by Crippen LogP contribution is -2.65. The van der Waals surface area contributed by atoms with Crippen LogP contribution in [0.5, 0.6) is 5.75 Å². The van der Waals surface area contributed by atoms with Crippen molar-refractivity contribution in [3.05, 3.63) is 70.0 Å². The molecule has 0 aliphatic heterocycles. The predicted molar refractivity (Wildman–Crippen MR) is 165 cm³/mol. The van der Waals surface area contributed by atoms with Crippen molar-refractivity contribution in [1.29, 1.82) is 0 Å². The third kappa shape index (κ3) is 4.72. The molecule has 0 radical (unpaired) electrons. The summed E-state index contributed by atoms with van der Waals surface area (Å²) < 4.78 is 0. The number of hydrogen-bond donors (Lipinski definition) is 5. The number of aromatic hydroxyl groups is 1. The molecule has 3 aliphatic rings. The number of nitrogens with zero attached hydrogens (tertiary/aromatic N) is 2. The first kappa shape index (κ1) is 31.4. The maximum atomic E-state index is 14.0. The number of Topliss-reactive ketones (excluding diaryl/α,β-unsaturated/α-hetero) is 2. The van der Waals surface area contributed by atoms with Crippen LogP contribution < -0.4 is 5.73 Å². The Bertz CT molecular complexity index is 1600. The second-order valence-electron chi connectivity index (χ2n) is 13.0. The smallest absolute Gasteiger partial charge is 0.255 e. The van der Waals surface area contributed by atoms with Crippen LogP contribution in [0.4, 0.5) is 0 Å². The molecule has 5 rings (SSSR count). The number of rotatable bonds is 7. The topological polar surface area (TPSA) is 165 Å². The van der Waals surface area contributed by atoms with E-state index in [-0.39, 0.29) is 29.7 Å². The largest absolute Gasteiger partial charge is 0.508 e. The molecule has 44 heavy (non-hydrogen) atoms. The Balaban J connectivity index is 1.61. The summed E-state index contributed by atoms with van der Waals surface area (Å²) in [5, 5.41) is 45.2. The number of aliphatic hydroxyl groups is 3. The van der Waals surface area contributed by atoms with Crippen molar-refractivity contribution in [2.45, 2.75) is 70.8 Å². The van der Waals surface area contributed by atoms with Gasteiger partial charge in [-0.25, -0.2) is 0 Å². The zero-order valence-electron chi connectivity index (χ0n) is 26.0. The molecule has 234 valence electrons. The van der Waals surface area contributed by atoms with Gasteiger partial charge in [-0.05, 0) is 88.9 Å². The lowest BCUT2D eigenvalue weighted by Gasteiger charge is -2.50. The number of likely N-dealkylation sites (N-methyl/N-ethyl adjacent to an activating group) is 1. The van der Waals surface area contributed by atoms with E-state index < -0.39 is 58.0 Å². The Hall–Kier alpha value is -3.99. The SMILES string of the molecule is CC(C)N(Cc1ccc(-c2ccc(O)c3c2C[C@H]2C[C@H]4[C@H](N(C)C)C(=O)C(C(N)=O)=C(O)[C@@]4(O)C(=O)C2=C3O)cc1)C(C)C. The van der Waals surface area contributed by atoms with E-state index in [1.165, 1.54) is 11.0 Å². The summed E-state index contributed by atoms with van der Waals surface area (Å²) in [4.78, 5) is 43.4. The molecule has 1 saturated carbocycles. The van der Waals surface area contributed by atoms with E-state index in [0.717, 1.165) is 23.2 Å². The number of primary amides is 1. The van der Waals surface area contributed by atoms with Crippen LogP contribution in [-0.2, 0) is 27.3 Å². The highest BCUT2D eigenvalue weighted by Crippen LogP contribution is 2.53. The third-order valence-corrected chi connectivity index (χ3v) is 9.56. The minimum atomic E-state index is -2.66. The molecule has 3 aliphatic carbocycles. The van der Waals surface area contributed by atoms with Crippen LogP contribution in [-0.4, -0.2) is 85.5 Å². The Labute approximate surface area is 257 Å². The number of fused-ring (bicyclic) bond motifs is 3. The summed E-state index contributed by atoms with van der Waals surface area (Å²) in [6, 6.07) is 11.0. The summed E-state index contributed by atoms with van der Waals surface area (Å²) in [6.45, 7) is 9.46. The van der Waals surface area contributed by atoms with Crippen molar-refractivity contribution in [3.63, 3.8) is 0 Å². The van der Waals surface area contributed by atoms with Gasteiger partial charge in [0.15, 0.2) is 11.4 Å². The van der Waals surface area contributed by atoms with Crippen molar-refractivity contribution in [2.75, 3.05) is 14.1 Å². The van der Waals surface area contributed by atoms with Crippen molar-refractivity contribution in [1.82, 2.24) is 9.80 Å². The van der Waals surface area contributed by atoms with Gasteiger partial charge in [0.05, 0.1) is 11.6 Å². The number of hydrogen-bond acceptors (Lipinski definition) is 9. The van der Waals surface area contributed by atoms with E-state index in [1.807, 2.05) is 12.1 Å². The van der Waals surface area contributed by atoms with Crippen LogP contribution in [0.25, 0.3) is 16.9 Å². The van der Waals surface area contributed by atoms with Gasteiger partial charge in [0, 0.05) is 30.1 Å². The van der Waals surface area contributed by atoms with Gasteiger partial charge < -0.3 is 26.2 Å². The van der Waals surface area contributed by atoms with Crippen LogP contribution in [0, 0.1) is 11.8 Å². The molecule has 0 aromatic heterocycles. The first-order valence-corrected chi connectivity index (χ1v) is 15.0. The number of nitrogens with two attached hydrogens (primary N) is 1. The molecule has 1 fully saturated rings. The molecular weight excluding hydrogens is 562 g/mol. The molecule has 0 heterocycles. The summed E-state index contributed by atoms with van der Waals surface area (Å²) in [5.74, 6) is -6.65. The lowest BCUT2D eigenvalue weighted by atomic mass is 9.57. The molecular formula is C34H41N3O7. The van der Waals surface area contributed by atoms with Crippen molar-refractivity contribution in [2.24, 2.45) is 17.6 Å². The fraction of sp³-hybridized carbons (Fsp3) is 0.441. The highest BCUT2D eigenvalue weighted by Gasteiger charge is 2.64. The molecule has 0 saturated heterocycles. The summed E-state index contributed by atoms with van der Waals surface area (Å²) in [6.07, 6.45) is 0.272. The van der Waals surface area contributed by atoms with E-state index in [2.05, 4.69) is 44.7 Å². The second kappa shape index (κ2) is 11.2. The van der Waals surface area contributed by atoms with Gasteiger partial charge in [0.25, 0.3) is 5.91 Å². The number of carbonyl (C=O) groups excluding carboxylic acids is 3. The van der Waals surface area contributed by atoms with Crippen LogP contribution in [0.1, 0.15) is 50.8 Å². The predicted octanol–water partition coefficient (Wildman–Crippen LogP) is 3.25. The molecule has 4 atom stereocenters. The standard InChI is InChI=1S/C34H41N3O7/c1-16(2)37(17(3)4)15-18-7-9-19(10-8-18)21-11-12-24(38)26-22(21)13-20-14-23-28(36(5)6)30(40)27(33(35)43)32(42)34(23,44)31(41)25(20)29(26)39/h7-12,16-17,20,23,28,38-39,42,44H,13-15H2,1-6H3,(H2,35,43)/t20-,23-,28-,34-/m0/s1. The number of carbonyl (C=O) groups is 3. The quantitative estimate of drug-likeness (QED) is 0.299. The van der Waals surface area contributed by atoms with Gasteiger partial charge in [-0.2, -0.15) is 0 Å². The number of amides is 1. The minimum absolute atomic E-state index is 0.0417. The van der Waals surface area contributed by atoms with Crippen molar-refractivity contribution < 1.29 is 34.8 Å². The molecule has 2 aromatic carbocycles. The van der Waals surface area contributed by atoms with Crippen LogP contribution in [0.3, 0.4) is 0 Å². The van der Waals surface area contributed by atoms with E-state index in [4.69, 9.17) is 5.73 Å². The number of ketones is 2. The third-order valence-electron chi connectivity index (χ3n) is 9.56. The van der Waals surface area contributed by atoms with Crippen LogP contribution in [0.2, 0.25) is 0 Å². The maximum absolute atomic E-state index is 14.0. The Morgan fingerprint density at radius 2 is 1.61 bits per heavy atom. The van der Waals surface area contributed by atoms with Gasteiger partial charge in [-0.3, -0.25) is 24.2 Å². The highest BCUT2D eigenvalue weighted by atomic mass is 16.3. The van der Waals surface area contributed by atoms with Gasteiger partial charge in [0.1, 0.15) is 22.8 Å². The fourth-order valence-electron chi connectivity index (χ4n) is 7.48. The summed E-state index contributed by atoms with van der Waals surface area (Å²) in [7, 11) is 3.16. The number of phenols is 1. The van der Waals surface area contributed by atoms with Gasteiger partial charge in [0.2, 0.25) is 5.78 Å². The molecule has 0 spiro atoms. The Morgan fingerprint density at radius 1 is 1.00 bits per heavy atom. The van der Waals surface area contributed by atoms with Crippen molar-refractivity contribution in [3.8, 4) is 16.9 Å². The lowest BCUT2D eigenvalue weighted by molar-refractivity contribution is -0.153.